The van der Waals surface area contributed by atoms with Crippen molar-refractivity contribution in [1.29, 1.82) is 0 Å². The summed E-state index contributed by atoms with van der Waals surface area (Å²) in [6.07, 6.45) is 10.6. The largest absolute Gasteiger partial charge is 0.306 e. The predicted octanol–water partition coefficient (Wildman–Crippen LogP) is 4.85. The van der Waals surface area contributed by atoms with E-state index in [1.54, 1.807) is 0 Å². The van der Waals surface area contributed by atoms with Crippen LogP contribution in [-0.2, 0) is 0 Å². The lowest BCUT2D eigenvalue weighted by Crippen LogP contribution is -2.45. The van der Waals surface area contributed by atoms with Crippen LogP contribution in [0.25, 0.3) is 0 Å². The van der Waals surface area contributed by atoms with Gasteiger partial charge in [0.05, 0.1) is 0 Å². The molecule has 1 N–H and O–H groups in total. The zero-order valence-electron chi connectivity index (χ0n) is 13.8. The van der Waals surface area contributed by atoms with Gasteiger partial charge in [-0.2, -0.15) is 0 Å². The highest BCUT2D eigenvalue weighted by atomic mass is 15.0. The summed E-state index contributed by atoms with van der Waals surface area (Å²) in [4.78, 5) is 4.94. The molecule has 0 aliphatic heterocycles. The topological polar surface area (TPSA) is 24.4 Å². The first-order valence-corrected chi connectivity index (χ1v) is 8.57. The zero-order valence-corrected chi connectivity index (χ0v) is 13.8. The van der Waals surface area contributed by atoms with Gasteiger partial charge in [-0.05, 0) is 65.2 Å². The van der Waals surface area contributed by atoms with Crippen LogP contribution in [0.4, 0.5) is 0 Å². The van der Waals surface area contributed by atoms with Gasteiger partial charge in [-0.25, -0.2) is 0 Å². The fourth-order valence-corrected chi connectivity index (χ4v) is 3.51. The lowest BCUT2D eigenvalue weighted by molar-refractivity contribution is 0.276. The number of hydrogen-bond donors (Lipinski definition) is 1. The number of nitrogens with one attached hydrogen (secondary N) is 1. The van der Waals surface area contributed by atoms with Crippen LogP contribution in [-0.4, -0.2) is 17.8 Å². The molecule has 2 aliphatic carbocycles. The molecule has 20 heavy (non-hydrogen) atoms. The van der Waals surface area contributed by atoms with E-state index < -0.39 is 0 Å². The van der Waals surface area contributed by atoms with Gasteiger partial charge in [-0.15, -0.1) is 0 Å². The van der Waals surface area contributed by atoms with Gasteiger partial charge in [0.15, 0.2) is 0 Å². The first-order chi connectivity index (χ1) is 9.58. The molecule has 2 nitrogen and oxygen atoms in total. The first-order valence-electron chi connectivity index (χ1n) is 8.57. The van der Waals surface area contributed by atoms with E-state index in [1.165, 1.54) is 68.3 Å². The van der Waals surface area contributed by atoms with E-state index in [9.17, 15) is 0 Å². The molecule has 3 atom stereocenters. The minimum atomic E-state index is 0.405. The van der Waals surface area contributed by atoms with Gasteiger partial charge in [0, 0.05) is 23.5 Å². The Balaban J connectivity index is 1.95. The van der Waals surface area contributed by atoms with E-state index in [-0.39, 0.29) is 0 Å². The average molecular weight is 276 g/mol. The lowest BCUT2D eigenvalue weighted by atomic mass is 9.85. The molecule has 114 valence electrons. The Morgan fingerprint density at radius 1 is 1.15 bits per heavy atom. The van der Waals surface area contributed by atoms with Crippen LogP contribution < -0.4 is 5.32 Å². The number of rotatable bonds is 4. The highest BCUT2D eigenvalue weighted by molar-refractivity contribution is 5.87. The standard InChI is InChI=1S/C18H32N2/c1-13-9-5-7-11-17(13)19-15(3)16(4)20-18-12-8-6-10-14(18)2/h13,15,17,19H,5-12H2,1-4H3. The number of allylic oxidation sites excluding steroid dienone is 2. The molecule has 0 spiro atoms. The maximum absolute atomic E-state index is 4.94. The highest BCUT2D eigenvalue weighted by Gasteiger charge is 2.23. The molecular formula is C18H32N2. The van der Waals surface area contributed by atoms with Gasteiger partial charge in [0.2, 0.25) is 0 Å². The molecule has 2 rings (SSSR count). The van der Waals surface area contributed by atoms with Gasteiger partial charge < -0.3 is 5.32 Å². The molecule has 1 fully saturated rings. The van der Waals surface area contributed by atoms with Crippen molar-refractivity contribution in [3.05, 3.63) is 11.3 Å². The molecule has 0 aromatic heterocycles. The van der Waals surface area contributed by atoms with Crippen molar-refractivity contribution in [2.24, 2.45) is 10.9 Å². The van der Waals surface area contributed by atoms with Gasteiger partial charge in [-0.1, -0.05) is 25.3 Å². The van der Waals surface area contributed by atoms with Crippen molar-refractivity contribution in [3.8, 4) is 0 Å². The second kappa shape index (κ2) is 7.40. The zero-order chi connectivity index (χ0) is 14.5. The van der Waals surface area contributed by atoms with Crippen molar-refractivity contribution >= 4 is 5.71 Å². The third-order valence-corrected chi connectivity index (χ3v) is 5.22. The van der Waals surface area contributed by atoms with E-state index in [0.29, 0.717) is 12.1 Å². The van der Waals surface area contributed by atoms with Crippen molar-refractivity contribution in [2.45, 2.75) is 91.1 Å². The smallest absolute Gasteiger partial charge is 0.0426 e. The molecular weight excluding hydrogens is 244 g/mol. The van der Waals surface area contributed by atoms with Gasteiger partial charge in [0.25, 0.3) is 0 Å². The monoisotopic (exact) mass is 276 g/mol. The van der Waals surface area contributed by atoms with Gasteiger partial charge in [0.1, 0.15) is 0 Å². The van der Waals surface area contributed by atoms with Crippen LogP contribution in [0.1, 0.15) is 79.1 Å². The maximum Gasteiger partial charge on any atom is 0.0426 e. The Labute approximate surface area is 125 Å². The molecule has 2 heteroatoms. The van der Waals surface area contributed by atoms with E-state index in [4.69, 9.17) is 4.99 Å². The molecule has 0 radical (unpaired) electrons. The minimum absolute atomic E-state index is 0.405. The summed E-state index contributed by atoms with van der Waals surface area (Å²) in [6.45, 7) is 9.12. The number of hydrogen-bond acceptors (Lipinski definition) is 2. The summed E-state index contributed by atoms with van der Waals surface area (Å²) in [5, 5.41) is 3.82. The summed E-state index contributed by atoms with van der Waals surface area (Å²) in [5.41, 5.74) is 4.13. The molecule has 1 saturated carbocycles. The first kappa shape index (κ1) is 15.8. The molecule has 2 aliphatic rings. The quantitative estimate of drug-likeness (QED) is 0.729. The second-order valence-electron chi connectivity index (χ2n) is 6.94. The normalized spacial score (nSPS) is 30.5. The summed E-state index contributed by atoms with van der Waals surface area (Å²) in [6, 6.07) is 1.09. The lowest BCUT2D eigenvalue weighted by Gasteiger charge is -2.32. The van der Waals surface area contributed by atoms with Gasteiger partial charge >= 0.3 is 0 Å². The van der Waals surface area contributed by atoms with Crippen molar-refractivity contribution in [1.82, 2.24) is 5.32 Å². The number of aliphatic imine (C=N–C) groups is 1. The average Bonchev–Trinajstić information content (AvgIpc) is 2.43. The Kier molecular flexibility index (Phi) is 5.83. The molecule has 0 heterocycles. The number of nitrogens with zero attached hydrogens (tertiary/aromatic N) is 1. The minimum Gasteiger partial charge on any atom is -0.306 e. The third-order valence-electron chi connectivity index (χ3n) is 5.22. The Bertz CT molecular complexity index is 381. The third kappa shape index (κ3) is 4.18. The van der Waals surface area contributed by atoms with E-state index in [0.717, 1.165) is 5.92 Å². The van der Waals surface area contributed by atoms with Crippen LogP contribution in [0.3, 0.4) is 0 Å². The summed E-state index contributed by atoms with van der Waals surface area (Å²) >= 11 is 0. The highest BCUT2D eigenvalue weighted by Crippen LogP contribution is 2.26. The maximum atomic E-state index is 4.94. The molecule has 3 unspecified atom stereocenters. The van der Waals surface area contributed by atoms with E-state index in [2.05, 4.69) is 33.0 Å². The molecule has 0 aromatic rings. The predicted molar refractivity (Wildman–Crippen MR) is 88.3 cm³/mol. The van der Waals surface area contributed by atoms with E-state index >= 15 is 0 Å². The Morgan fingerprint density at radius 2 is 1.85 bits per heavy atom. The van der Waals surface area contributed by atoms with Crippen LogP contribution in [0, 0.1) is 5.92 Å². The molecule has 0 aromatic carbocycles. The van der Waals surface area contributed by atoms with Crippen molar-refractivity contribution in [2.75, 3.05) is 0 Å². The summed E-state index contributed by atoms with van der Waals surface area (Å²) < 4.78 is 0. The van der Waals surface area contributed by atoms with Crippen LogP contribution >= 0.6 is 0 Å². The Morgan fingerprint density at radius 3 is 2.55 bits per heavy atom. The van der Waals surface area contributed by atoms with Crippen molar-refractivity contribution in [3.63, 3.8) is 0 Å². The Hall–Kier alpha value is -0.630. The molecule has 0 bridgehead atoms. The fourth-order valence-electron chi connectivity index (χ4n) is 3.51. The van der Waals surface area contributed by atoms with Crippen LogP contribution in [0.15, 0.2) is 16.3 Å². The van der Waals surface area contributed by atoms with Crippen LogP contribution in [0.5, 0.6) is 0 Å². The molecule has 0 saturated heterocycles. The fraction of sp³-hybridized carbons (Fsp3) is 0.833. The van der Waals surface area contributed by atoms with Crippen LogP contribution in [0.2, 0.25) is 0 Å². The van der Waals surface area contributed by atoms with Gasteiger partial charge in [-0.3, -0.25) is 4.99 Å². The molecule has 0 amide bonds. The summed E-state index contributed by atoms with van der Waals surface area (Å²) in [5.74, 6) is 0.814. The van der Waals surface area contributed by atoms with Crippen molar-refractivity contribution < 1.29 is 0 Å². The summed E-state index contributed by atoms with van der Waals surface area (Å²) in [7, 11) is 0. The van der Waals surface area contributed by atoms with E-state index in [1.807, 2.05) is 0 Å². The second-order valence-corrected chi connectivity index (χ2v) is 6.94. The SMILES string of the molecule is CC(=NC1=C(C)CCCC1)C(C)NC1CCCCC1C.